The molecule has 0 saturated heterocycles. The Balaban J connectivity index is 1.59. The highest BCUT2D eigenvalue weighted by atomic mass is 16.7. The van der Waals surface area contributed by atoms with Gasteiger partial charge in [0.05, 0.1) is 12.1 Å². The lowest BCUT2D eigenvalue weighted by atomic mass is 9.80. The van der Waals surface area contributed by atoms with Gasteiger partial charge in [-0.2, -0.15) is 0 Å². The van der Waals surface area contributed by atoms with Gasteiger partial charge in [0, 0.05) is 13.1 Å². The topological polar surface area (TPSA) is 75.1 Å². The van der Waals surface area contributed by atoms with Gasteiger partial charge in [-0.3, -0.25) is 0 Å². The number of aliphatic hydroxyl groups is 1. The minimum atomic E-state index is -0.561. The van der Waals surface area contributed by atoms with Crippen LogP contribution in [0.15, 0.2) is 23.2 Å². The second kappa shape index (κ2) is 6.44. The van der Waals surface area contributed by atoms with Gasteiger partial charge >= 0.3 is 0 Å². The van der Waals surface area contributed by atoms with Gasteiger partial charge in [-0.25, -0.2) is 4.99 Å². The van der Waals surface area contributed by atoms with Crippen LogP contribution in [0.5, 0.6) is 11.5 Å². The molecule has 1 heterocycles. The van der Waals surface area contributed by atoms with Gasteiger partial charge in [0.2, 0.25) is 6.79 Å². The Bertz CT molecular complexity index is 556. The molecular weight excluding hydrogens is 282 g/mol. The summed E-state index contributed by atoms with van der Waals surface area (Å²) in [6.45, 7) is 4.18. The summed E-state index contributed by atoms with van der Waals surface area (Å²) < 4.78 is 10.7. The van der Waals surface area contributed by atoms with Crippen molar-refractivity contribution in [1.29, 1.82) is 0 Å². The summed E-state index contributed by atoms with van der Waals surface area (Å²) in [6.07, 6.45) is 2.83. The van der Waals surface area contributed by atoms with Gasteiger partial charge in [-0.05, 0) is 43.9 Å². The molecule has 0 bridgehead atoms. The maximum atomic E-state index is 10.1. The highest BCUT2D eigenvalue weighted by Gasteiger charge is 2.34. The molecule has 0 atom stereocenters. The Morgan fingerprint density at radius 2 is 2.09 bits per heavy atom. The zero-order valence-electron chi connectivity index (χ0n) is 12.9. The van der Waals surface area contributed by atoms with Crippen molar-refractivity contribution >= 4 is 5.96 Å². The van der Waals surface area contributed by atoms with Crippen LogP contribution >= 0.6 is 0 Å². The molecule has 1 aromatic rings. The number of nitrogens with zero attached hydrogens (tertiary/aromatic N) is 1. The van der Waals surface area contributed by atoms with Crippen molar-refractivity contribution in [1.82, 2.24) is 10.6 Å². The van der Waals surface area contributed by atoms with Crippen molar-refractivity contribution in [2.45, 2.75) is 38.3 Å². The van der Waals surface area contributed by atoms with Crippen LogP contribution in [0.25, 0.3) is 0 Å². The van der Waals surface area contributed by atoms with Crippen LogP contribution in [0.1, 0.15) is 31.7 Å². The number of hydrogen-bond acceptors (Lipinski definition) is 4. The minimum absolute atomic E-state index is 0.283. The van der Waals surface area contributed by atoms with E-state index in [0.29, 0.717) is 13.1 Å². The lowest BCUT2D eigenvalue weighted by Gasteiger charge is -2.36. The fourth-order valence-electron chi connectivity index (χ4n) is 2.56. The Labute approximate surface area is 130 Å². The van der Waals surface area contributed by atoms with Crippen LogP contribution in [0, 0.1) is 0 Å². The molecule has 3 N–H and O–H groups in total. The van der Waals surface area contributed by atoms with Crippen molar-refractivity contribution in [2.75, 3.05) is 19.9 Å². The average Bonchev–Trinajstić information content (AvgIpc) is 2.95. The zero-order valence-corrected chi connectivity index (χ0v) is 12.9. The van der Waals surface area contributed by atoms with Crippen molar-refractivity contribution in [3.63, 3.8) is 0 Å². The van der Waals surface area contributed by atoms with Gasteiger partial charge in [0.15, 0.2) is 17.5 Å². The van der Waals surface area contributed by atoms with Crippen molar-refractivity contribution in [3.8, 4) is 11.5 Å². The summed E-state index contributed by atoms with van der Waals surface area (Å²) in [5.41, 5.74) is 0.499. The van der Waals surface area contributed by atoms with E-state index >= 15 is 0 Å². The minimum Gasteiger partial charge on any atom is -0.454 e. The van der Waals surface area contributed by atoms with E-state index in [1.54, 1.807) is 0 Å². The Morgan fingerprint density at radius 3 is 2.82 bits per heavy atom. The largest absolute Gasteiger partial charge is 0.454 e. The van der Waals surface area contributed by atoms with Crippen LogP contribution < -0.4 is 20.1 Å². The van der Waals surface area contributed by atoms with Crippen molar-refractivity contribution < 1.29 is 14.6 Å². The molecule has 1 aromatic carbocycles. The van der Waals surface area contributed by atoms with E-state index in [-0.39, 0.29) is 6.79 Å². The first-order valence-corrected chi connectivity index (χ1v) is 7.82. The summed E-state index contributed by atoms with van der Waals surface area (Å²) in [5, 5.41) is 16.6. The molecule has 2 aliphatic rings. The average molecular weight is 305 g/mol. The lowest BCUT2D eigenvalue weighted by molar-refractivity contribution is -0.0279. The molecule has 1 aliphatic heterocycles. The van der Waals surface area contributed by atoms with E-state index in [1.165, 1.54) is 0 Å². The van der Waals surface area contributed by atoms with Crippen LogP contribution in [-0.2, 0) is 6.54 Å². The molecule has 1 fully saturated rings. The monoisotopic (exact) mass is 305 g/mol. The third-order valence-corrected chi connectivity index (χ3v) is 4.07. The molecule has 0 aromatic heterocycles. The molecule has 6 nitrogen and oxygen atoms in total. The van der Waals surface area contributed by atoms with Crippen LogP contribution in [0.3, 0.4) is 0 Å². The zero-order chi connectivity index (χ0) is 15.4. The number of aliphatic imine (C=N–C) groups is 1. The fourth-order valence-corrected chi connectivity index (χ4v) is 2.56. The number of guanidine groups is 1. The van der Waals surface area contributed by atoms with Crippen LogP contribution in [0.2, 0.25) is 0 Å². The van der Waals surface area contributed by atoms with Gasteiger partial charge in [0.1, 0.15) is 0 Å². The maximum absolute atomic E-state index is 10.1. The molecule has 0 amide bonds. The number of rotatable bonds is 5. The smallest absolute Gasteiger partial charge is 0.231 e. The molecule has 3 rings (SSSR count). The third kappa shape index (κ3) is 3.44. The normalized spacial score (nSPS) is 18.7. The second-order valence-corrected chi connectivity index (χ2v) is 5.81. The second-order valence-electron chi connectivity index (χ2n) is 5.81. The standard InChI is InChI=1S/C16H23N3O3/c1-2-17-15(19-10-16(20)6-3-7-16)18-9-12-4-5-13-14(8-12)22-11-21-13/h4-5,8,20H,2-3,6-7,9-11H2,1H3,(H2,17,18,19). The van der Waals surface area contributed by atoms with Crippen molar-refractivity contribution in [2.24, 2.45) is 4.99 Å². The molecule has 1 saturated carbocycles. The first kappa shape index (κ1) is 15.0. The summed E-state index contributed by atoms with van der Waals surface area (Å²) in [5.74, 6) is 2.28. The van der Waals surface area contributed by atoms with Gasteiger partial charge in [-0.1, -0.05) is 6.07 Å². The van der Waals surface area contributed by atoms with Gasteiger partial charge in [-0.15, -0.1) is 0 Å². The summed E-state index contributed by atoms with van der Waals surface area (Å²) in [6, 6.07) is 5.85. The van der Waals surface area contributed by atoms with Crippen LogP contribution in [-0.4, -0.2) is 36.5 Å². The van der Waals surface area contributed by atoms with Crippen molar-refractivity contribution in [3.05, 3.63) is 23.8 Å². The number of fused-ring (bicyclic) bond motifs is 1. The maximum Gasteiger partial charge on any atom is 0.231 e. The molecular formula is C16H23N3O3. The molecule has 0 unspecified atom stereocenters. The van der Waals surface area contributed by atoms with E-state index in [9.17, 15) is 5.11 Å². The SMILES string of the molecule is CCNC(=NCc1ccc2c(c1)OCO2)NCC1(O)CCC1. The molecule has 120 valence electrons. The third-order valence-electron chi connectivity index (χ3n) is 4.07. The van der Waals surface area contributed by atoms with E-state index in [0.717, 1.165) is 48.8 Å². The Morgan fingerprint density at radius 1 is 1.27 bits per heavy atom. The molecule has 0 radical (unpaired) electrons. The summed E-state index contributed by atoms with van der Waals surface area (Å²) in [7, 11) is 0. The van der Waals surface area contributed by atoms with Gasteiger partial charge in [0.25, 0.3) is 0 Å². The Kier molecular flexibility index (Phi) is 4.38. The van der Waals surface area contributed by atoms with Crippen LogP contribution in [0.4, 0.5) is 0 Å². The number of ether oxygens (including phenoxy) is 2. The highest BCUT2D eigenvalue weighted by Crippen LogP contribution is 2.32. The molecule has 6 heteroatoms. The highest BCUT2D eigenvalue weighted by molar-refractivity contribution is 5.79. The van der Waals surface area contributed by atoms with E-state index in [2.05, 4.69) is 15.6 Å². The number of nitrogens with one attached hydrogen (secondary N) is 2. The summed E-state index contributed by atoms with van der Waals surface area (Å²) in [4.78, 5) is 4.56. The Hall–Kier alpha value is -1.95. The summed E-state index contributed by atoms with van der Waals surface area (Å²) >= 11 is 0. The molecule has 22 heavy (non-hydrogen) atoms. The van der Waals surface area contributed by atoms with Gasteiger partial charge < -0.3 is 25.2 Å². The first-order chi connectivity index (χ1) is 10.7. The predicted molar refractivity (Wildman–Crippen MR) is 84.2 cm³/mol. The quantitative estimate of drug-likeness (QED) is 0.566. The predicted octanol–water partition coefficient (Wildman–Crippen LogP) is 1.39. The molecule has 0 spiro atoms. The van der Waals surface area contributed by atoms with E-state index in [4.69, 9.17) is 9.47 Å². The first-order valence-electron chi connectivity index (χ1n) is 7.82. The fraction of sp³-hybridized carbons (Fsp3) is 0.562. The molecule has 1 aliphatic carbocycles. The number of hydrogen-bond donors (Lipinski definition) is 3. The van der Waals surface area contributed by atoms with E-state index < -0.39 is 5.60 Å². The number of benzene rings is 1. The van der Waals surface area contributed by atoms with E-state index in [1.807, 2.05) is 25.1 Å². The lowest BCUT2D eigenvalue weighted by Crippen LogP contribution is -2.50.